The van der Waals surface area contributed by atoms with E-state index in [-0.39, 0.29) is 0 Å². The number of pyridine rings is 1. The third kappa shape index (κ3) is 6.36. The van der Waals surface area contributed by atoms with Gasteiger partial charge in [-0.1, -0.05) is 194 Å². The Kier molecular flexibility index (Phi) is 8.79. The highest BCUT2D eigenvalue weighted by Gasteiger charge is 2.22. The van der Waals surface area contributed by atoms with Crippen molar-refractivity contribution in [2.45, 2.75) is 0 Å². The highest BCUT2D eigenvalue weighted by atomic mass is 15.0. The number of aromatic nitrogens is 4. The molecule has 4 heteroatoms. The minimum Gasteiger partial charge on any atom is -0.309 e. The summed E-state index contributed by atoms with van der Waals surface area (Å²) in [5.41, 5.74) is 16.0. The van der Waals surface area contributed by atoms with Crippen LogP contribution in [0, 0.1) is 0 Å². The number of hydrogen-bond donors (Lipinski definition) is 0. The van der Waals surface area contributed by atoms with Gasteiger partial charge in [-0.3, -0.25) is 0 Å². The molecule has 0 spiro atoms. The van der Waals surface area contributed by atoms with Gasteiger partial charge in [-0.15, -0.1) is 0 Å². The molecule has 0 fully saturated rings. The summed E-state index contributed by atoms with van der Waals surface area (Å²) in [6.45, 7) is 0. The summed E-state index contributed by atoms with van der Waals surface area (Å²) in [7, 11) is 0. The Morgan fingerprint density at radius 1 is 0.317 bits per heavy atom. The quantitative estimate of drug-likeness (QED) is 0.151. The standard InChI is InChI=1S/C59H38N4/c1-5-17-41(18-6-1)52-38-53(42-19-7-2-8-20-42)62-59(61-52)45-24-15-23-44(37-45)39-31-33-40(34-32-39)47-28-16-30-54-55(47)50-36-35-49-56(58(50)63(54)46-25-11-4-12-26-46)48-27-13-14-29-51(48)60-57(49)43-21-9-3-10-22-43/h1-38H. The molecule has 9 aromatic carbocycles. The number of benzene rings is 9. The highest BCUT2D eigenvalue weighted by Crippen LogP contribution is 2.45. The first-order valence-corrected chi connectivity index (χ1v) is 21.4. The van der Waals surface area contributed by atoms with Crippen LogP contribution in [0.1, 0.15) is 0 Å². The van der Waals surface area contributed by atoms with E-state index in [1.54, 1.807) is 0 Å². The summed E-state index contributed by atoms with van der Waals surface area (Å²) >= 11 is 0. The van der Waals surface area contributed by atoms with E-state index in [1.165, 1.54) is 27.2 Å². The number of rotatable bonds is 7. The van der Waals surface area contributed by atoms with E-state index in [2.05, 4.69) is 223 Å². The van der Waals surface area contributed by atoms with E-state index in [1.807, 2.05) is 12.1 Å². The van der Waals surface area contributed by atoms with Gasteiger partial charge in [0.1, 0.15) is 0 Å². The lowest BCUT2D eigenvalue weighted by atomic mass is 9.94. The largest absolute Gasteiger partial charge is 0.309 e. The van der Waals surface area contributed by atoms with E-state index >= 15 is 0 Å². The molecular formula is C59H38N4. The predicted octanol–water partition coefficient (Wildman–Crippen LogP) is 15.3. The topological polar surface area (TPSA) is 43.6 Å². The monoisotopic (exact) mass is 802 g/mol. The maximum Gasteiger partial charge on any atom is 0.160 e. The van der Waals surface area contributed by atoms with Gasteiger partial charge >= 0.3 is 0 Å². The van der Waals surface area contributed by atoms with E-state index in [0.717, 1.165) is 83.5 Å². The summed E-state index contributed by atoms with van der Waals surface area (Å²) in [4.78, 5) is 15.5. The van der Waals surface area contributed by atoms with Gasteiger partial charge in [-0.25, -0.2) is 15.0 Å². The maximum absolute atomic E-state index is 5.27. The van der Waals surface area contributed by atoms with Crippen LogP contribution in [0.25, 0.3) is 117 Å². The third-order valence-electron chi connectivity index (χ3n) is 12.2. The smallest absolute Gasteiger partial charge is 0.160 e. The summed E-state index contributed by atoms with van der Waals surface area (Å²) in [5.74, 6) is 0.696. The third-order valence-corrected chi connectivity index (χ3v) is 12.2. The molecule has 0 saturated carbocycles. The van der Waals surface area contributed by atoms with Crippen molar-refractivity contribution >= 4 is 43.5 Å². The first-order valence-electron chi connectivity index (χ1n) is 21.4. The molecule has 0 aliphatic carbocycles. The van der Waals surface area contributed by atoms with Crippen LogP contribution >= 0.6 is 0 Å². The summed E-state index contributed by atoms with van der Waals surface area (Å²) in [6.07, 6.45) is 0. The molecule has 0 aliphatic heterocycles. The Hall–Kier alpha value is -8.47. The minimum absolute atomic E-state index is 0.696. The van der Waals surface area contributed by atoms with Gasteiger partial charge < -0.3 is 4.57 Å². The summed E-state index contributed by atoms with van der Waals surface area (Å²) < 4.78 is 2.45. The van der Waals surface area contributed by atoms with Gasteiger partial charge in [0.05, 0.1) is 33.6 Å². The summed E-state index contributed by atoms with van der Waals surface area (Å²) in [6, 6.07) is 81.5. The van der Waals surface area contributed by atoms with Gasteiger partial charge in [0.15, 0.2) is 5.82 Å². The van der Waals surface area contributed by atoms with Gasteiger partial charge in [0.25, 0.3) is 0 Å². The molecule has 3 aromatic heterocycles. The number of para-hydroxylation sites is 2. The van der Waals surface area contributed by atoms with E-state index in [9.17, 15) is 0 Å². The maximum atomic E-state index is 5.27. The van der Waals surface area contributed by atoms with Crippen LogP contribution in [0.4, 0.5) is 0 Å². The average molecular weight is 803 g/mol. The van der Waals surface area contributed by atoms with Crippen LogP contribution < -0.4 is 0 Å². The molecule has 0 amide bonds. The Bertz CT molecular complexity index is 3580. The molecule has 0 N–H and O–H groups in total. The Morgan fingerprint density at radius 2 is 0.873 bits per heavy atom. The van der Waals surface area contributed by atoms with Crippen LogP contribution in [0.5, 0.6) is 0 Å². The van der Waals surface area contributed by atoms with Gasteiger partial charge in [0, 0.05) is 54.9 Å². The SMILES string of the molecule is c1ccc(-c2cc(-c3ccccc3)nc(-c3cccc(-c4ccc(-c5cccc6c5c5ccc7c(-c8ccccc8)nc8ccccc8c7c5n6-c5ccccc5)cc4)c3)n2)cc1. The van der Waals surface area contributed by atoms with Crippen molar-refractivity contribution in [3.8, 4) is 73.1 Å². The van der Waals surface area contributed by atoms with Crippen molar-refractivity contribution in [1.29, 1.82) is 0 Å². The van der Waals surface area contributed by atoms with E-state index < -0.39 is 0 Å². The molecule has 4 nitrogen and oxygen atoms in total. The molecule has 12 rings (SSSR count). The van der Waals surface area contributed by atoms with E-state index in [0.29, 0.717) is 5.82 Å². The zero-order chi connectivity index (χ0) is 41.7. The van der Waals surface area contributed by atoms with Crippen molar-refractivity contribution < 1.29 is 0 Å². The molecule has 0 atom stereocenters. The summed E-state index contributed by atoms with van der Waals surface area (Å²) in [5, 5.41) is 5.90. The fraction of sp³-hybridized carbons (Fsp3) is 0. The second-order valence-corrected chi connectivity index (χ2v) is 16.0. The molecule has 3 heterocycles. The second-order valence-electron chi connectivity index (χ2n) is 16.0. The first kappa shape index (κ1) is 36.4. The molecule has 0 saturated heterocycles. The van der Waals surface area contributed by atoms with Crippen LogP contribution in [0.3, 0.4) is 0 Å². The average Bonchev–Trinajstić information content (AvgIpc) is 3.72. The lowest BCUT2D eigenvalue weighted by Crippen LogP contribution is -1.96. The first-order chi connectivity index (χ1) is 31.2. The lowest BCUT2D eigenvalue weighted by molar-refractivity contribution is 1.18. The molecule has 63 heavy (non-hydrogen) atoms. The van der Waals surface area contributed by atoms with E-state index in [4.69, 9.17) is 15.0 Å². The second kappa shape index (κ2) is 15.2. The number of fused-ring (bicyclic) bond motifs is 7. The lowest BCUT2D eigenvalue weighted by Gasteiger charge is -2.14. The molecular weight excluding hydrogens is 765 g/mol. The fourth-order valence-electron chi connectivity index (χ4n) is 9.26. The molecule has 0 radical (unpaired) electrons. The van der Waals surface area contributed by atoms with Gasteiger partial charge in [0.2, 0.25) is 0 Å². The van der Waals surface area contributed by atoms with Crippen LogP contribution in [0.2, 0.25) is 0 Å². The predicted molar refractivity (Wildman–Crippen MR) is 262 cm³/mol. The van der Waals surface area contributed by atoms with Crippen LogP contribution in [-0.4, -0.2) is 19.5 Å². The van der Waals surface area contributed by atoms with Crippen molar-refractivity contribution in [3.63, 3.8) is 0 Å². The van der Waals surface area contributed by atoms with Gasteiger partial charge in [-0.05, 0) is 58.7 Å². The van der Waals surface area contributed by atoms with Crippen LogP contribution in [0.15, 0.2) is 231 Å². The minimum atomic E-state index is 0.696. The molecule has 12 aromatic rings. The fourth-order valence-corrected chi connectivity index (χ4v) is 9.26. The Labute approximate surface area is 365 Å². The highest BCUT2D eigenvalue weighted by molar-refractivity contribution is 6.28. The Morgan fingerprint density at radius 3 is 1.57 bits per heavy atom. The normalized spacial score (nSPS) is 11.5. The molecule has 0 unspecified atom stereocenters. The zero-order valence-corrected chi connectivity index (χ0v) is 34.2. The zero-order valence-electron chi connectivity index (χ0n) is 34.2. The van der Waals surface area contributed by atoms with Crippen LogP contribution in [-0.2, 0) is 0 Å². The van der Waals surface area contributed by atoms with Crippen molar-refractivity contribution in [3.05, 3.63) is 231 Å². The number of hydrogen-bond acceptors (Lipinski definition) is 3. The van der Waals surface area contributed by atoms with Crippen molar-refractivity contribution in [2.75, 3.05) is 0 Å². The van der Waals surface area contributed by atoms with Crippen molar-refractivity contribution in [1.82, 2.24) is 19.5 Å². The van der Waals surface area contributed by atoms with Crippen molar-refractivity contribution in [2.24, 2.45) is 0 Å². The molecule has 0 bridgehead atoms. The van der Waals surface area contributed by atoms with Gasteiger partial charge in [-0.2, -0.15) is 0 Å². The molecule has 294 valence electrons. The molecule has 0 aliphatic rings. The Balaban J connectivity index is 1.01. The number of nitrogens with zero attached hydrogens (tertiary/aromatic N) is 4.